The molecule has 0 aliphatic rings. The highest BCUT2D eigenvalue weighted by atomic mass is 16.1. The quantitative estimate of drug-likeness (QED) is 0.308. The number of nitrogens with one attached hydrogen (secondary N) is 1. The topological polar surface area (TPSA) is 77.9 Å². The zero-order valence-electron chi connectivity index (χ0n) is 8.37. The first kappa shape index (κ1) is 11.8. The van der Waals surface area contributed by atoms with Gasteiger partial charge in [-0.1, -0.05) is 5.11 Å². The Kier molecular flexibility index (Phi) is 4.92. The summed E-state index contributed by atoms with van der Waals surface area (Å²) in [4.78, 5) is 13.8. The Morgan fingerprint density at radius 2 is 2.15 bits per heavy atom. The van der Waals surface area contributed by atoms with Gasteiger partial charge in [-0.05, 0) is 32.7 Å². The predicted molar refractivity (Wildman–Crippen MR) is 51.1 cm³/mol. The number of amides is 1. The molecule has 5 nitrogen and oxygen atoms in total. The Morgan fingerprint density at radius 3 is 2.62 bits per heavy atom. The van der Waals surface area contributed by atoms with E-state index in [0.717, 1.165) is 0 Å². The summed E-state index contributed by atoms with van der Waals surface area (Å²) in [6, 6.07) is 0. The highest BCUT2D eigenvalue weighted by molar-refractivity contribution is 5.76. The Balaban J connectivity index is 3.58. The van der Waals surface area contributed by atoms with E-state index in [1.165, 1.54) is 0 Å². The fourth-order valence-electron chi connectivity index (χ4n) is 0.836. The molecule has 0 fully saturated rings. The van der Waals surface area contributed by atoms with E-state index in [2.05, 4.69) is 15.3 Å². The van der Waals surface area contributed by atoms with Crippen molar-refractivity contribution in [3.05, 3.63) is 10.4 Å². The minimum absolute atomic E-state index is 0.000592. The van der Waals surface area contributed by atoms with Gasteiger partial charge in [0.2, 0.25) is 5.91 Å². The molecule has 5 heteroatoms. The summed E-state index contributed by atoms with van der Waals surface area (Å²) in [6.07, 6.45) is 1.02. The molecule has 1 N–H and O–H groups in total. The summed E-state index contributed by atoms with van der Waals surface area (Å²) in [6.45, 7) is 6.17. The number of nitrogens with zero attached hydrogens (tertiary/aromatic N) is 3. The average molecular weight is 184 g/mol. The van der Waals surface area contributed by atoms with Crippen LogP contribution in [0, 0.1) is 0 Å². The molecule has 0 bridgehead atoms. The zero-order valence-corrected chi connectivity index (χ0v) is 8.37. The summed E-state index contributed by atoms with van der Waals surface area (Å²) in [7, 11) is 0. The molecule has 13 heavy (non-hydrogen) atoms. The molecule has 0 aromatic carbocycles. The van der Waals surface area contributed by atoms with Crippen LogP contribution in [0.5, 0.6) is 0 Å². The first-order valence-corrected chi connectivity index (χ1v) is 4.27. The number of hydrogen-bond acceptors (Lipinski definition) is 2. The van der Waals surface area contributed by atoms with Crippen molar-refractivity contribution in [2.45, 2.75) is 39.2 Å². The molecule has 0 aliphatic heterocycles. The van der Waals surface area contributed by atoms with Crippen LogP contribution in [0.25, 0.3) is 10.4 Å². The molecular weight excluding hydrogens is 168 g/mol. The largest absolute Gasteiger partial charge is 0.352 e. The Morgan fingerprint density at radius 1 is 1.54 bits per heavy atom. The van der Waals surface area contributed by atoms with Crippen molar-refractivity contribution >= 4 is 5.91 Å². The van der Waals surface area contributed by atoms with Gasteiger partial charge in [-0.3, -0.25) is 4.79 Å². The third-order valence-electron chi connectivity index (χ3n) is 1.24. The van der Waals surface area contributed by atoms with Crippen LogP contribution in [0.3, 0.4) is 0 Å². The van der Waals surface area contributed by atoms with Crippen LogP contribution in [0.4, 0.5) is 0 Å². The normalized spacial score (nSPS) is 10.4. The van der Waals surface area contributed by atoms with Crippen molar-refractivity contribution < 1.29 is 4.79 Å². The van der Waals surface area contributed by atoms with Crippen molar-refractivity contribution in [2.24, 2.45) is 5.11 Å². The van der Waals surface area contributed by atoms with Crippen LogP contribution >= 0.6 is 0 Å². The SMILES string of the molecule is CC(C)(C)NC(=O)CCCN=[N+]=[N-]. The van der Waals surface area contributed by atoms with Gasteiger partial charge in [-0.2, -0.15) is 0 Å². The summed E-state index contributed by atoms with van der Waals surface area (Å²) in [5.41, 5.74) is 7.79. The fraction of sp³-hybridized carbons (Fsp3) is 0.875. The molecular formula is C8H16N4O. The molecule has 0 heterocycles. The van der Waals surface area contributed by atoms with E-state index in [-0.39, 0.29) is 11.4 Å². The van der Waals surface area contributed by atoms with E-state index in [1.807, 2.05) is 20.8 Å². The van der Waals surface area contributed by atoms with Crippen molar-refractivity contribution in [3.63, 3.8) is 0 Å². The van der Waals surface area contributed by atoms with Crippen molar-refractivity contribution in [1.82, 2.24) is 5.32 Å². The molecule has 0 rings (SSSR count). The third kappa shape index (κ3) is 8.69. The minimum atomic E-state index is -0.185. The van der Waals surface area contributed by atoms with Gasteiger partial charge in [0.05, 0.1) is 0 Å². The van der Waals surface area contributed by atoms with Gasteiger partial charge >= 0.3 is 0 Å². The molecule has 0 aliphatic carbocycles. The van der Waals surface area contributed by atoms with Gasteiger partial charge in [-0.15, -0.1) is 0 Å². The average Bonchev–Trinajstić information content (AvgIpc) is 1.94. The molecule has 0 aromatic rings. The van der Waals surface area contributed by atoms with Crippen LogP contribution in [-0.2, 0) is 4.79 Å². The minimum Gasteiger partial charge on any atom is -0.352 e. The van der Waals surface area contributed by atoms with Gasteiger partial charge in [0, 0.05) is 23.4 Å². The van der Waals surface area contributed by atoms with Gasteiger partial charge in [0.15, 0.2) is 0 Å². The van der Waals surface area contributed by atoms with E-state index in [9.17, 15) is 4.79 Å². The Labute approximate surface area is 78.1 Å². The van der Waals surface area contributed by atoms with Crippen molar-refractivity contribution in [2.75, 3.05) is 6.54 Å². The van der Waals surface area contributed by atoms with Crippen LogP contribution in [0.2, 0.25) is 0 Å². The molecule has 0 saturated carbocycles. The zero-order chi connectivity index (χ0) is 10.3. The molecule has 0 atom stereocenters. The summed E-state index contributed by atoms with van der Waals surface area (Å²) in [5.74, 6) is 0.000592. The number of rotatable bonds is 4. The monoisotopic (exact) mass is 184 g/mol. The van der Waals surface area contributed by atoms with E-state index >= 15 is 0 Å². The Hall–Kier alpha value is -1.22. The second-order valence-corrected chi connectivity index (χ2v) is 3.86. The van der Waals surface area contributed by atoms with Crippen molar-refractivity contribution in [1.29, 1.82) is 0 Å². The maximum Gasteiger partial charge on any atom is 0.220 e. The van der Waals surface area contributed by atoms with E-state index in [1.54, 1.807) is 0 Å². The number of carbonyl (C=O) groups is 1. The lowest BCUT2D eigenvalue weighted by Gasteiger charge is -2.20. The smallest absolute Gasteiger partial charge is 0.220 e. The predicted octanol–water partition coefficient (Wildman–Crippen LogP) is 1.99. The number of carbonyl (C=O) groups excluding carboxylic acids is 1. The first-order chi connectivity index (χ1) is 5.95. The van der Waals surface area contributed by atoms with Gasteiger partial charge < -0.3 is 5.32 Å². The first-order valence-electron chi connectivity index (χ1n) is 4.27. The fourth-order valence-corrected chi connectivity index (χ4v) is 0.836. The van der Waals surface area contributed by atoms with Crippen LogP contribution in [0.1, 0.15) is 33.6 Å². The van der Waals surface area contributed by atoms with Gasteiger partial charge in [0.25, 0.3) is 0 Å². The molecule has 0 saturated heterocycles. The number of hydrogen-bond donors (Lipinski definition) is 1. The van der Waals surface area contributed by atoms with E-state index in [4.69, 9.17) is 5.53 Å². The van der Waals surface area contributed by atoms with Gasteiger partial charge in [-0.25, -0.2) is 0 Å². The van der Waals surface area contributed by atoms with Crippen LogP contribution in [-0.4, -0.2) is 18.0 Å². The molecule has 74 valence electrons. The Bertz CT molecular complexity index is 213. The lowest BCUT2D eigenvalue weighted by molar-refractivity contribution is -0.122. The maximum atomic E-state index is 11.2. The highest BCUT2D eigenvalue weighted by Gasteiger charge is 2.12. The summed E-state index contributed by atoms with van der Waals surface area (Å²) >= 11 is 0. The van der Waals surface area contributed by atoms with E-state index in [0.29, 0.717) is 19.4 Å². The van der Waals surface area contributed by atoms with Gasteiger partial charge in [0.1, 0.15) is 0 Å². The molecule has 0 unspecified atom stereocenters. The maximum absolute atomic E-state index is 11.2. The lowest BCUT2D eigenvalue weighted by atomic mass is 10.1. The summed E-state index contributed by atoms with van der Waals surface area (Å²) < 4.78 is 0. The summed E-state index contributed by atoms with van der Waals surface area (Å²) in [5, 5.41) is 6.16. The molecule has 0 spiro atoms. The highest BCUT2D eigenvalue weighted by Crippen LogP contribution is 2.00. The molecule has 0 radical (unpaired) electrons. The van der Waals surface area contributed by atoms with Crippen LogP contribution < -0.4 is 5.32 Å². The molecule has 0 aromatic heterocycles. The second-order valence-electron chi connectivity index (χ2n) is 3.86. The van der Waals surface area contributed by atoms with Crippen molar-refractivity contribution in [3.8, 4) is 0 Å². The number of azide groups is 1. The second kappa shape index (κ2) is 5.43. The third-order valence-corrected chi connectivity index (χ3v) is 1.24. The standard InChI is InChI=1S/C8H16N4O/c1-8(2,3)11-7(13)5-4-6-10-12-9/h4-6H2,1-3H3,(H,11,13). The molecule has 1 amide bonds. The van der Waals surface area contributed by atoms with E-state index < -0.39 is 0 Å². The van der Waals surface area contributed by atoms with Crippen LogP contribution in [0.15, 0.2) is 5.11 Å². The lowest BCUT2D eigenvalue weighted by Crippen LogP contribution is -2.40.